The second kappa shape index (κ2) is 42.1. The third-order valence-corrected chi connectivity index (χ3v) is 15.3. The van der Waals surface area contributed by atoms with Crippen molar-refractivity contribution in [2.45, 2.75) is 311 Å². The summed E-state index contributed by atoms with van der Waals surface area (Å²) < 4.78 is 34.2. The summed E-state index contributed by atoms with van der Waals surface area (Å²) in [5, 5.41) is 120. The van der Waals surface area contributed by atoms with Gasteiger partial charge in [0.25, 0.3) is 0 Å². The van der Waals surface area contributed by atoms with Gasteiger partial charge in [0.2, 0.25) is 5.91 Å². The summed E-state index contributed by atoms with van der Waals surface area (Å²) in [5.41, 5.74) is 0. The lowest BCUT2D eigenvalue weighted by Crippen LogP contribution is -2.66. The van der Waals surface area contributed by atoms with E-state index in [0.717, 1.165) is 38.5 Å². The predicted molar refractivity (Wildman–Crippen MR) is 291 cm³/mol. The second-order valence-electron chi connectivity index (χ2n) is 21.8. The van der Waals surface area contributed by atoms with Crippen LogP contribution < -0.4 is 5.32 Å². The minimum absolute atomic E-state index is 0.238. The van der Waals surface area contributed by atoms with Crippen LogP contribution in [0.3, 0.4) is 0 Å². The highest BCUT2D eigenvalue weighted by molar-refractivity contribution is 5.76. The molecule has 0 aromatic rings. The maximum atomic E-state index is 13.2. The summed E-state index contributed by atoms with van der Waals surface area (Å²) in [4.78, 5) is 13.2. The van der Waals surface area contributed by atoms with Crippen LogP contribution in [-0.4, -0.2) is 193 Å². The Morgan fingerprint density at radius 1 is 0.455 bits per heavy atom. The van der Waals surface area contributed by atoms with Crippen molar-refractivity contribution in [3.63, 3.8) is 0 Å². The number of ether oxygens (including phenoxy) is 6. The van der Waals surface area contributed by atoms with Crippen LogP contribution in [0.25, 0.3) is 0 Å². The van der Waals surface area contributed by atoms with Crippen molar-refractivity contribution in [2.24, 2.45) is 0 Å². The second-order valence-corrected chi connectivity index (χ2v) is 21.8. The normalized spacial score (nSPS) is 30.8. The van der Waals surface area contributed by atoms with Gasteiger partial charge in [-0.25, -0.2) is 0 Å². The van der Waals surface area contributed by atoms with E-state index in [2.05, 4.69) is 31.3 Å². The standard InChI is InChI=1S/C58H107NO18/c1-3-5-7-9-11-13-14-15-16-17-18-19-20-21-22-23-24-25-26-28-29-31-33-35-42(63)41(59-46(64)36-34-32-30-27-12-10-8-6-4-2)40-72-56-52(70)49(67)54(44(38-61)74-56)77-58-53(71)50(68)55(45(39-62)75-58)76-57-51(69)48(66)47(65)43(37-60)73-57/h26,28,33,35,41-45,47-58,60-63,65-71H,3-25,27,29-32,34,36-40H2,1-2H3,(H,59,64)/b28-26+,35-33+. The summed E-state index contributed by atoms with van der Waals surface area (Å²) >= 11 is 0. The first-order chi connectivity index (χ1) is 37.3. The van der Waals surface area contributed by atoms with Crippen LogP contribution >= 0.6 is 0 Å². The SMILES string of the molecule is CCCCCCCCCCCCCCCCCCC/C=C/CC/C=C/C(O)C(COC1OC(CO)C(OC2OC(CO)C(OC3OC(CO)C(O)C(O)C3O)C(O)C2O)C(O)C1O)NC(=O)CCCCCCCCCCC. The lowest BCUT2D eigenvalue weighted by Gasteiger charge is -2.48. The molecule has 1 amide bonds. The molecular weight excluding hydrogens is 999 g/mol. The number of aliphatic hydroxyl groups excluding tert-OH is 11. The number of rotatable bonds is 44. The minimum atomic E-state index is -1.98. The first kappa shape index (κ1) is 69.5. The Morgan fingerprint density at radius 3 is 1.30 bits per heavy atom. The lowest BCUT2D eigenvalue weighted by molar-refractivity contribution is -0.379. The van der Waals surface area contributed by atoms with Crippen molar-refractivity contribution in [3.05, 3.63) is 24.3 Å². The molecule has 17 atom stereocenters. The molecule has 19 heteroatoms. The fourth-order valence-electron chi connectivity index (χ4n) is 10.3. The van der Waals surface area contributed by atoms with Crippen LogP contribution in [0.15, 0.2) is 24.3 Å². The number of amides is 1. The minimum Gasteiger partial charge on any atom is -0.394 e. The molecule has 3 aliphatic heterocycles. The van der Waals surface area contributed by atoms with E-state index >= 15 is 0 Å². The van der Waals surface area contributed by atoms with Crippen LogP contribution in [0.4, 0.5) is 0 Å². The average molecular weight is 1110 g/mol. The zero-order valence-electron chi connectivity index (χ0n) is 46.9. The van der Waals surface area contributed by atoms with Crippen LogP contribution in [0, 0.1) is 0 Å². The maximum absolute atomic E-state index is 13.2. The highest BCUT2D eigenvalue weighted by Gasteiger charge is 2.53. The maximum Gasteiger partial charge on any atom is 0.220 e. The van der Waals surface area contributed by atoms with Gasteiger partial charge in [-0.3, -0.25) is 4.79 Å². The molecule has 3 fully saturated rings. The van der Waals surface area contributed by atoms with E-state index in [-0.39, 0.29) is 18.9 Å². The van der Waals surface area contributed by atoms with Crippen molar-refractivity contribution in [3.8, 4) is 0 Å². The molecule has 3 rings (SSSR count). The van der Waals surface area contributed by atoms with Crippen molar-refractivity contribution >= 4 is 5.91 Å². The van der Waals surface area contributed by atoms with Crippen LogP contribution in [0.2, 0.25) is 0 Å². The lowest BCUT2D eigenvalue weighted by atomic mass is 9.96. The molecule has 0 bridgehead atoms. The Labute approximate surface area is 460 Å². The number of allylic oxidation sites excluding steroid dienone is 3. The quantitative estimate of drug-likeness (QED) is 0.0277. The van der Waals surface area contributed by atoms with E-state index in [1.165, 1.54) is 135 Å². The van der Waals surface area contributed by atoms with Gasteiger partial charge in [0, 0.05) is 6.42 Å². The van der Waals surface area contributed by atoms with Gasteiger partial charge in [-0.2, -0.15) is 0 Å². The molecule has 0 spiro atoms. The summed E-state index contributed by atoms with van der Waals surface area (Å²) in [6, 6.07) is -0.983. The Kier molecular flexibility index (Phi) is 38.1. The van der Waals surface area contributed by atoms with E-state index in [4.69, 9.17) is 28.4 Å². The molecule has 3 heterocycles. The number of unbranched alkanes of at least 4 members (excludes halogenated alkanes) is 26. The van der Waals surface area contributed by atoms with E-state index in [1.807, 2.05) is 6.08 Å². The molecule has 0 radical (unpaired) electrons. The molecule has 77 heavy (non-hydrogen) atoms. The summed E-state index contributed by atoms with van der Waals surface area (Å²) in [7, 11) is 0. The fraction of sp³-hybridized carbons (Fsp3) is 0.914. The van der Waals surface area contributed by atoms with E-state index in [0.29, 0.717) is 12.8 Å². The largest absolute Gasteiger partial charge is 0.394 e. The number of nitrogens with one attached hydrogen (secondary N) is 1. The van der Waals surface area contributed by atoms with Gasteiger partial charge in [0.1, 0.15) is 73.2 Å². The van der Waals surface area contributed by atoms with Gasteiger partial charge < -0.3 is 89.9 Å². The summed E-state index contributed by atoms with van der Waals surface area (Å²) in [6.45, 7) is 1.67. The monoisotopic (exact) mass is 1110 g/mol. The number of carbonyl (C=O) groups is 1. The van der Waals surface area contributed by atoms with Crippen molar-refractivity contribution < 1.29 is 89.4 Å². The average Bonchev–Trinajstić information content (AvgIpc) is 3.42. The summed E-state index contributed by atoms with van der Waals surface area (Å²) in [5.74, 6) is -0.289. The number of hydrogen-bond acceptors (Lipinski definition) is 18. The molecule has 0 aromatic heterocycles. The van der Waals surface area contributed by atoms with Gasteiger partial charge >= 0.3 is 0 Å². The zero-order chi connectivity index (χ0) is 56.2. The first-order valence-electron chi connectivity index (χ1n) is 30.1. The zero-order valence-corrected chi connectivity index (χ0v) is 46.9. The van der Waals surface area contributed by atoms with Gasteiger partial charge in [-0.15, -0.1) is 0 Å². The van der Waals surface area contributed by atoms with Crippen molar-refractivity contribution in [1.29, 1.82) is 0 Å². The molecule has 0 aromatic carbocycles. The Morgan fingerprint density at radius 2 is 0.831 bits per heavy atom. The van der Waals surface area contributed by atoms with Crippen molar-refractivity contribution in [1.82, 2.24) is 5.32 Å². The Bertz CT molecular complexity index is 1510. The highest BCUT2D eigenvalue weighted by Crippen LogP contribution is 2.33. The molecule has 0 saturated carbocycles. The molecule has 19 nitrogen and oxygen atoms in total. The molecule has 3 saturated heterocycles. The van der Waals surface area contributed by atoms with E-state index in [1.54, 1.807) is 6.08 Å². The first-order valence-corrected chi connectivity index (χ1v) is 30.1. The van der Waals surface area contributed by atoms with E-state index in [9.17, 15) is 61.0 Å². The molecule has 452 valence electrons. The highest BCUT2D eigenvalue weighted by atomic mass is 16.8. The molecule has 3 aliphatic rings. The Balaban J connectivity index is 1.47. The van der Waals surface area contributed by atoms with Gasteiger partial charge in [0.05, 0.1) is 38.6 Å². The molecule has 17 unspecified atom stereocenters. The van der Waals surface area contributed by atoms with Gasteiger partial charge in [-0.05, 0) is 32.1 Å². The van der Waals surface area contributed by atoms with Crippen LogP contribution in [0.1, 0.15) is 206 Å². The van der Waals surface area contributed by atoms with Gasteiger partial charge in [0.15, 0.2) is 18.9 Å². The molecular formula is C58H107NO18. The fourth-order valence-corrected chi connectivity index (χ4v) is 10.3. The van der Waals surface area contributed by atoms with Gasteiger partial charge in [-0.1, -0.05) is 192 Å². The smallest absolute Gasteiger partial charge is 0.220 e. The summed E-state index contributed by atoms with van der Waals surface area (Å²) in [6.07, 6.45) is 16.2. The third-order valence-electron chi connectivity index (χ3n) is 15.3. The van der Waals surface area contributed by atoms with Crippen LogP contribution in [-0.2, 0) is 33.2 Å². The number of aliphatic hydroxyl groups is 11. The van der Waals surface area contributed by atoms with Crippen LogP contribution in [0.5, 0.6) is 0 Å². The molecule has 12 N–H and O–H groups in total. The van der Waals surface area contributed by atoms with Crippen molar-refractivity contribution in [2.75, 3.05) is 26.4 Å². The van der Waals surface area contributed by atoms with E-state index < -0.39 is 124 Å². The third kappa shape index (κ3) is 26.4. The predicted octanol–water partition coefficient (Wildman–Crippen LogP) is 5.15. The molecule has 0 aliphatic carbocycles. The number of hydrogen-bond donors (Lipinski definition) is 12. The number of carbonyl (C=O) groups excluding carboxylic acids is 1. The Hall–Kier alpha value is -1.73. The topological polar surface area (TPSA) is 307 Å².